The molecule has 0 saturated heterocycles. The fraction of sp³-hybridized carbons (Fsp3) is 0.182. The number of anilines is 1. The quantitative estimate of drug-likeness (QED) is 0.660. The fourth-order valence-electron chi connectivity index (χ4n) is 1.63. The average molecular weight is 262 g/mol. The second-order valence-corrected chi connectivity index (χ2v) is 3.52. The van der Waals surface area contributed by atoms with Crippen molar-refractivity contribution in [3.05, 3.63) is 35.3 Å². The summed E-state index contributed by atoms with van der Waals surface area (Å²) in [7, 11) is 1.33. The van der Waals surface area contributed by atoms with E-state index in [1.165, 1.54) is 7.05 Å². The lowest BCUT2D eigenvalue weighted by Crippen LogP contribution is -2.02. The molecule has 0 amide bonds. The normalized spacial score (nSPS) is 11.3. The molecule has 1 aromatic heterocycles. The molecule has 1 aromatic carbocycles. The van der Waals surface area contributed by atoms with E-state index in [2.05, 4.69) is 10.3 Å². The third kappa shape index (κ3) is 1.85. The van der Waals surface area contributed by atoms with Crippen LogP contribution in [0, 0.1) is 17.5 Å². The van der Waals surface area contributed by atoms with E-state index in [1.54, 1.807) is 0 Å². The minimum Gasteiger partial charge on any atom is -0.387 e. The average Bonchev–Trinajstić information content (AvgIpc) is 2.34. The first kappa shape index (κ1) is 12.5. The summed E-state index contributed by atoms with van der Waals surface area (Å²) < 4.78 is 65.1. The van der Waals surface area contributed by atoms with E-state index in [9.17, 15) is 22.0 Å². The summed E-state index contributed by atoms with van der Waals surface area (Å²) in [5.74, 6) is -3.92. The minimum atomic E-state index is -2.94. The van der Waals surface area contributed by atoms with E-state index in [0.29, 0.717) is 0 Å². The van der Waals surface area contributed by atoms with Crippen molar-refractivity contribution in [3.63, 3.8) is 0 Å². The highest BCUT2D eigenvalue weighted by molar-refractivity contribution is 5.92. The molecule has 1 N–H and O–H groups in total. The van der Waals surface area contributed by atoms with Gasteiger partial charge in [-0.3, -0.25) is 0 Å². The van der Waals surface area contributed by atoms with Crippen LogP contribution in [0.3, 0.4) is 0 Å². The van der Waals surface area contributed by atoms with Gasteiger partial charge in [-0.05, 0) is 6.07 Å². The molecule has 18 heavy (non-hydrogen) atoms. The second kappa shape index (κ2) is 4.40. The van der Waals surface area contributed by atoms with Crippen LogP contribution < -0.4 is 5.32 Å². The zero-order valence-electron chi connectivity index (χ0n) is 9.07. The van der Waals surface area contributed by atoms with Crippen LogP contribution in [0.4, 0.5) is 27.6 Å². The number of rotatable bonds is 2. The molecule has 1 heterocycles. The van der Waals surface area contributed by atoms with Crippen LogP contribution in [0.2, 0.25) is 0 Å². The molecule has 2 aromatic rings. The molecule has 0 aliphatic carbocycles. The van der Waals surface area contributed by atoms with E-state index in [1.807, 2.05) is 0 Å². The van der Waals surface area contributed by atoms with Gasteiger partial charge in [0.25, 0.3) is 6.43 Å². The largest absolute Gasteiger partial charge is 0.387 e. The number of fused-ring (bicyclic) bond motifs is 1. The number of alkyl halides is 2. The molecule has 7 heteroatoms. The smallest absolute Gasteiger partial charge is 0.280 e. The van der Waals surface area contributed by atoms with Crippen molar-refractivity contribution in [3.8, 4) is 0 Å². The summed E-state index contributed by atoms with van der Waals surface area (Å²) >= 11 is 0. The van der Waals surface area contributed by atoms with Gasteiger partial charge in [0.15, 0.2) is 17.5 Å². The highest BCUT2D eigenvalue weighted by Crippen LogP contribution is 2.31. The predicted molar refractivity (Wildman–Crippen MR) is 56.1 cm³/mol. The zero-order valence-corrected chi connectivity index (χ0v) is 9.07. The highest BCUT2D eigenvalue weighted by atomic mass is 19.3. The van der Waals surface area contributed by atoms with Crippen LogP contribution in [0.5, 0.6) is 0 Å². The molecular formula is C11H7F5N2. The van der Waals surface area contributed by atoms with Gasteiger partial charge in [0.05, 0.1) is 5.39 Å². The summed E-state index contributed by atoms with van der Waals surface area (Å²) in [6.45, 7) is 0. The van der Waals surface area contributed by atoms with Crippen molar-refractivity contribution in [1.82, 2.24) is 4.98 Å². The van der Waals surface area contributed by atoms with Crippen LogP contribution >= 0.6 is 0 Å². The van der Waals surface area contributed by atoms with Crippen LogP contribution in [-0.4, -0.2) is 12.0 Å². The van der Waals surface area contributed by atoms with Crippen molar-refractivity contribution < 1.29 is 22.0 Å². The summed E-state index contributed by atoms with van der Waals surface area (Å²) in [5, 5.41) is 1.93. The Morgan fingerprint density at radius 3 is 2.33 bits per heavy atom. The van der Waals surface area contributed by atoms with Gasteiger partial charge in [0.2, 0.25) is 0 Å². The molecule has 96 valence electrons. The van der Waals surface area contributed by atoms with E-state index in [-0.39, 0.29) is 11.8 Å². The number of nitrogens with one attached hydrogen (secondary N) is 1. The number of benzene rings is 1. The first-order valence-electron chi connectivity index (χ1n) is 4.89. The molecule has 0 radical (unpaired) electrons. The van der Waals surface area contributed by atoms with Gasteiger partial charge in [-0.15, -0.1) is 0 Å². The predicted octanol–water partition coefficient (Wildman–Crippen LogP) is 3.63. The van der Waals surface area contributed by atoms with Crippen LogP contribution in [0.15, 0.2) is 12.1 Å². The van der Waals surface area contributed by atoms with Gasteiger partial charge in [-0.25, -0.2) is 26.9 Å². The number of halogens is 5. The molecule has 0 bridgehead atoms. The summed E-state index contributed by atoms with van der Waals surface area (Å²) in [6, 6.07) is 1.13. The molecule has 0 aliphatic heterocycles. The zero-order chi connectivity index (χ0) is 13.4. The number of aromatic nitrogens is 1. The molecular weight excluding hydrogens is 255 g/mol. The van der Waals surface area contributed by atoms with E-state index >= 15 is 0 Å². The van der Waals surface area contributed by atoms with E-state index in [4.69, 9.17) is 0 Å². The molecule has 0 aliphatic rings. The highest BCUT2D eigenvalue weighted by Gasteiger charge is 2.20. The van der Waals surface area contributed by atoms with Crippen molar-refractivity contribution in [2.24, 2.45) is 0 Å². The van der Waals surface area contributed by atoms with Gasteiger partial charge in [-0.1, -0.05) is 0 Å². The summed E-state index contributed by atoms with van der Waals surface area (Å²) in [5.41, 5.74) is -1.49. The first-order valence-corrected chi connectivity index (χ1v) is 4.89. The standard InChI is InChI=1S/C11H7F5N2/c1-17-6-3-7(11(15)16)18-10-5(13)2-4(12)9(14)8(6)10/h2-3,11H,1H3,(H,17,18). The van der Waals surface area contributed by atoms with E-state index < -0.39 is 40.5 Å². The summed E-state index contributed by atoms with van der Waals surface area (Å²) in [4.78, 5) is 3.31. The Balaban J connectivity index is 2.91. The van der Waals surface area contributed by atoms with Crippen molar-refractivity contribution in [1.29, 1.82) is 0 Å². The van der Waals surface area contributed by atoms with Crippen LogP contribution in [0.25, 0.3) is 10.9 Å². The first-order chi connectivity index (χ1) is 8.45. The third-order valence-corrected chi connectivity index (χ3v) is 2.44. The molecule has 2 rings (SSSR count). The molecule has 0 unspecified atom stereocenters. The fourth-order valence-corrected chi connectivity index (χ4v) is 1.63. The Labute approximate surface area is 98.4 Å². The van der Waals surface area contributed by atoms with Crippen molar-refractivity contribution in [2.45, 2.75) is 6.43 Å². The Kier molecular flexibility index (Phi) is 3.06. The maximum Gasteiger partial charge on any atom is 0.280 e. The number of hydrogen-bond acceptors (Lipinski definition) is 2. The topological polar surface area (TPSA) is 24.9 Å². The van der Waals surface area contributed by atoms with Gasteiger partial charge in [0, 0.05) is 18.8 Å². The van der Waals surface area contributed by atoms with Gasteiger partial charge in [0.1, 0.15) is 11.2 Å². The number of hydrogen-bond donors (Lipinski definition) is 1. The molecule has 0 atom stereocenters. The van der Waals surface area contributed by atoms with E-state index in [0.717, 1.165) is 6.07 Å². The van der Waals surface area contributed by atoms with Crippen molar-refractivity contribution in [2.75, 3.05) is 12.4 Å². The maximum absolute atomic E-state index is 13.5. The third-order valence-electron chi connectivity index (χ3n) is 2.44. The lowest BCUT2D eigenvalue weighted by atomic mass is 10.1. The molecule has 0 saturated carbocycles. The molecule has 0 spiro atoms. The SMILES string of the molecule is CNc1cc(C(F)F)nc2c(F)cc(F)c(F)c12. The lowest BCUT2D eigenvalue weighted by Gasteiger charge is -2.10. The van der Waals surface area contributed by atoms with Crippen molar-refractivity contribution >= 4 is 16.6 Å². The minimum absolute atomic E-state index is 0.147. The Morgan fingerprint density at radius 1 is 1.11 bits per heavy atom. The second-order valence-electron chi connectivity index (χ2n) is 3.52. The van der Waals surface area contributed by atoms with Crippen LogP contribution in [0.1, 0.15) is 12.1 Å². The number of nitrogens with zero attached hydrogens (tertiary/aromatic N) is 1. The Morgan fingerprint density at radius 2 is 1.78 bits per heavy atom. The van der Waals surface area contributed by atoms with Gasteiger partial charge < -0.3 is 5.32 Å². The maximum atomic E-state index is 13.5. The molecule has 2 nitrogen and oxygen atoms in total. The monoisotopic (exact) mass is 262 g/mol. The lowest BCUT2D eigenvalue weighted by molar-refractivity contribution is 0.146. The molecule has 0 fully saturated rings. The number of pyridine rings is 1. The summed E-state index contributed by atoms with van der Waals surface area (Å²) in [6.07, 6.45) is -2.94. The Hall–Kier alpha value is -1.92. The van der Waals surface area contributed by atoms with Gasteiger partial charge in [-0.2, -0.15) is 0 Å². The van der Waals surface area contributed by atoms with Crippen LogP contribution in [-0.2, 0) is 0 Å². The van der Waals surface area contributed by atoms with Gasteiger partial charge >= 0.3 is 0 Å². The Bertz CT molecular complexity index is 612.